The number of rotatable bonds is 5. The van der Waals surface area contributed by atoms with Crippen LogP contribution >= 0.6 is 0 Å². The summed E-state index contributed by atoms with van der Waals surface area (Å²) >= 11 is 0. The highest BCUT2D eigenvalue weighted by atomic mass is 19.4. The first-order chi connectivity index (χ1) is 17.7. The summed E-state index contributed by atoms with van der Waals surface area (Å²) in [6.07, 6.45) is 3.68. The maximum absolute atomic E-state index is 13.2. The van der Waals surface area contributed by atoms with Crippen LogP contribution in [0.2, 0.25) is 0 Å². The van der Waals surface area contributed by atoms with Gasteiger partial charge in [0.05, 0.1) is 11.3 Å². The highest BCUT2D eigenvalue weighted by Crippen LogP contribution is 2.36. The molecule has 1 atom stereocenters. The molecular weight excluding hydrogens is 483 g/mol. The molecule has 37 heavy (non-hydrogen) atoms. The lowest BCUT2D eigenvalue weighted by Gasteiger charge is -2.37. The van der Waals surface area contributed by atoms with Crippen LogP contribution in [0, 0.1) is 5.92 Å². The van der Waals surface area contributed by atoms with E-state index in [1.54, 1.807) is 6.20 Å². The average Bonchev–Trinajstić information content (AvgIpc) is 3.38. The van der Waals surface area contributed by atoms with E-state index in [0.29, 0.717) is 57.2 Å². The molecule has 2 N–H and O–H groups in total. The summed E-state index contributed by atoms with van der Waals surface area (Å²) in [5.74, 6) is 0.353. The average molecular weight is 518 g/mol. The number of aromatic nitrogens is 2. The van der Waals surface area contributed by atoms with Crippen LogP contribution in [-0.2, 0) is 16.6 Å². The summed E-state index contributed by atoms with van der Waals surface area (Å²) in [6, 6.07) is 8.25. The molecule has 2 aromatic heterocycles. The molecule has 0 radical (unpaired) electrons. The molecule has 4 heterocycles. The van der Waals surface area contributed by atoms with Crippen molar-refractivity contribution in [3.8, 4) is 0 Å². The number of carbonyl (C=O) groups excluding carboxylic acids is 1. The number of hydrogen-bond acceptors (Lipinski definition) is 6. The Morgan fingerprint density at radius 3 is 2.41 bits per heavy atom. The smallest absolute Gasteiger partial charge is 0.384 e. The van der Waals surface area contributed by atoms with E-state index >= 15 is 0 Å². The number of pyridine rings is 2. The highest BCUT2D eigenvalue weighted by Gasteiger charge is 2.38. The van der Waals surface area contributed by atoms with Crippen molar-refractivity contribution in [2.24, 2.45) is 5.92 Å². The van der Waals surface area contributed by atoms with Crippen LogP contribution in [0.15, 0.2) is 42.7 Å². The molecule has 3 aliphatic rings. The van der Waals surface area contributed by atoms with Gasteiger partial charge in [-0.15, -0.1) is 0 Å². The fourth-order valence-electron chi connectivity index (χ4n) is 5.97. The van der Waals surface area contributed by atoms with Crippen molar-refractivity contribution in [2.45, 2.75) is 68.8 Å². The molecule has 10 heteroatoms. The second kappa shape index (κ2) is 10.6. The number of amides is 1. The Balaban J connectivity index is 1.07. The Labute approximate surface area is 215 Å². The van der Waals surface area contributed by atoms with Gasteiger partial charge in [-0.1, -0.05) is 6.07 Å². The fraction of sp³-hybridized carbons (Fsp3) is 0.593. The number of aliphatic hydroxyl groups is 1. The van der Waals surface area contributed by atoms with E-state index in [4.69, 9.17) is 0 Å². The number of alkyl halides is 3. The number of nitrogens with one attached hydrogen (secondary N) is 1. The van der Waals surface area contributed by atoms with Crippen molar-refractivity contribution in [2.75, 3.05) is 31.1 Å². The Bertz CT molecular complexity index is 1070. The van der Waals surface area contributed by atoms with Crippen molar-refractivity contribution in [1.29, 1.82) is 0 Å². The van der Waals surface area contributed by atoms with Crippen molar-refractivity contribution < 1.29 is 23.1 Å². The van der Waals surface area contributed by atoms with Crippen molar-refractivity contribution >= 4 is 11.7 Å². The Morgan fingerprint density at radius 1 is 0.973 bits per heavy atom. The summed E-state index contributed by atoms with van der Waals surface area (Å²) < 4.78 is 39.1. The maximum atomic E-state index is 13.2. The first kappa shape index (κ1) is 25.9. The van der Waals surface area contributed by atoms with Gasteiger partial charge in [-0.25, -0.2) is 4.98 Å². The molecule has 2 aromatic rings. The zero-order chi connectivity index (χ0) is 26.0. The third kappa shape index (κ3) is 5.90. The molecular formula is C27H34F3N5O2. The van der Waals surface area contributed by atoms with E-state index in [9.17, 15) is 23.1 Å². The number of anilines is 1. The minimum atomic E-state index is -4.40. The van der Waals surface area contributed by atoms with Crippen LogP contribution < -0.4 is 10.2 Å². The molecule has 2 saturated heterocycles. The largest absolute Gasteiger partial charge is 0.416 e. The molecule has 1 aliphatic carbocycles. The molecule has 1 saturated carbocycles. The Hall–Kier alpha value is -2.72. The van der Waals surface area contributed by atoms with Gasteiger partial charge >= 0.3 is 6.18 Å². The van der Waals surface area contributed by atoms with Crippen LogP contribution in [0.3, 0.4) is 0 Å². The monoisotopic (exact) mass is 517 g/mol. The number of carbonyl (C=O) groups is 1. The predicted molar refractivity (Wildman–Crippen MR) is 133 cm³/mol. The molecule has 1 unspecified atom stereocenters. The lowest BCUT2D eigenvalue weighted by molar-refractivity contribution is -0.137. The normalized spacial score (nSPS) is 27.5. The van der Waals surface area contributed by atoms with Crippen molar-refractivity contribution in [1.82, 2.24) is 20.2 Å². The van der Waals surface area contributed by atoms with Gasteiger partial charge in [0, 0.05) is 56.6 Å². The SMILES string of the molecule is O=C(C1CCN(c2cc(C(F)(F)F)ccn2)CC1)N1CCC(NC2CCC(O)(c3ccccn3)CC2)C1. The fourth-order valence-corrected chi connectivity index (χ4v) is 5.97. The molecule has 1 amide bonds. The second-order valence-electron chi connectivity index (χ2n) is 10.6. The minimum Gasteiger partial charge on any atom is -0.384 e. The van der Waals surface area contributed by atoms with Gasteiger partial charge in [-0.05, 0) is 69.2 Å². The summed E-state index contributed by atoms with van der Waals surface area (Å²) in [5.41, 5.74) is -0.832. The first-order valence-corrected chi connectivity index (χ1v) is 13.2. The molecule has 0 spiro atoms. The summed E-state index contributed by atoms with van der Waals surface area (Å²) in [6.45, 7) is 2.43. The minimum absolute atomic E-state index is 0.108. The zero-order valence-corrected chi connectivity index (χ0v) is 20.8. The quantitative estimate of drug-likeness (QED) is 0.629. The predicted octanol–water partition coefficient (Wildman–Crippen LogP) is 3.73. The molecule has 2 aliphatic heterocycles. The van der Waals surface area contributed by atoms with Gasteiger partial charge in [0.15, 0.2) is 0 Å². The number of hydrogen-bond donors (Lipinski definition) is 2. The van der Waals surface area contributed by atoms with Crippen LogP contribution in [0.1, 0.15) is 56.2 Å². The van der Waals surface area contributed by atoms with Gasteiger partial charge in [0.25, 0.3) is 0 Å². The number of piperidine rings is 1. The van der Waals surface area contributed by atoms with E-state index < -0.39 is 17.3 Å². The zero-order valence-electron chi connectivity index (χ0n) is 20.8. The molecule has 0 aromatic carbocycles. The van der Waals surface area contributed by atoms with Gasteiger partial charge in [-0.2, -0.15) is 13.2 Å². The molecule has 5 rings (SSSR count). The standard InChI is InChI=1S/C27H34F3N5O2/c28-27(29,30)20-6-13-32-24(17-20)34-14-7-19(8-15-34)25(36)35-16-9-22(18-35)33-21-4-10-26(37,11-5-21)23-3-1-2-12-31-23/h1-3,6,12-13,17,19,21-22,33,37H,4-5,7-11,14-16,18H2. The van der Waals surface area contributed by atoms with E-state index in [1.807, 2.05) is 28.0 Å². The van der Waals surface area contributed by atoms with Crippen LogP contribution in [0.25, 0.3) is 0 Å². The van der Waals surface area contributed by atoms with Crippen LogP contribution in [-0.4, -0.2) is 64.1 Å². The van der Waals surface area contributed by atoms with E-state index in [0.717, 1.165) is 43.6 Å². The Kier molecular flexibility index (Phi) is 7.40. The molecule has 7 nitrogen and oxygen atoms in total. The third-order valence-corrected chi connectivity index (χ3v) is 8.17. The van der Waals surface area contributed by atoms with E-state index in [2.05, 4.69) is 15.3 Å². The number of halogens is 3. The number of likely N-dealkylation sites (tertiary alicyclic amines) is 1. The lowest BCUT2D eigenvalue weighted by Crippen LogP contribution is -2.46. The molecule has 0 bridgehead atoms. The summed E-state index contributed by atoms with van der Waals surface area (Å²) in [4.78, 5) is 25.4. The summed E-state index contributed by atoms with van der Waals surface area (Å²) in [7, 11) is 0. The van der Waals surface area contributed by atoms with Gasteiger partial charge < -0.3 is 20.2 Å². The maximum Gasteiger partial charge on any atom is 0.416 e. The van der Waals surface area contributed by atoms with E-state index in [1.165, 1.54) is 6.20 Å². The second-order valence-corrected chi connectivity index (χ2v) is 10.6. The van der Waals surface area contributed by atoms with Gasteiger partial charge in [-0.3, -0.25) is 9.78 Å². The molecule has 3 fully saturated rings. The molecule has 200 valence electrons. The van der Waals surface area contributed by atoms with E-state index in [-0.39, 0.29) is 17.9 Å². The third-order valence-electron chi connectivity index (χ3n) is 8.17. The first-order valence-electron chi connectivity index (χ1n) is 13.2. The van der Waals surface area contributed by atoms with Crippen molar-refractivity contribution in [3.05, 3.63) is 54.0 Å². The van der Waals surface area contributed by atoms with Gasteiger partial charge in [0.1, 0.15) is 11.4 Å². The van der Waals surface area contributed by atoms with Gasteiger partial charge in [0.2, 0.25) is 5.91 Å². The lowest BCUT2D eigenvalue weighted by atomic mass is 9.79. The number of nitrogens with zero attached hydrogens (tertiary/aromatic N) is 4. The summed E-state index contributed by atoms with van der Waals surface area (Å²) in [5, 5.41) is 14.7. The Morgan fingerprint density at radius 2 is 1.73 bits per heavy atom. The van der Waals surface area contributed by atoms with Crippen LogP contribution in [0.4, 0.5) is 19.0 Å². The topological polar surface area (TPSA) is 81.6 Å². The van der Waals surface area contributed by atoms with Crippen LogP contribution in [0.5, 0.6) is 0 Å². The highest BCUT2D eigenvalue weighted by molar-refractivity contribution is 5.79. The van der Waals surface area contributed by atoms with Crippen molar-refractivity contribution in [3.63, 3.8) is 0 Å².